The van der Waals surface area contributed by atoms with E-state index in [0.29, 0.717) is 27.1 Å². The van der Waals surface area contributed by atoms with Gasteiger partial charge >= 0.3 is 0 Å². The fraction of sp³-hybridized carbons (Fsp3) is 0.0455. The summed E-state index contributed by atoms with van der Waals surface area (Å²) in [6, 6.07) is 21.5. The maximum atomic E-state index is 12.4. The maximum Gasteiger partial charge on any atom is 0.257 e. The number of hydrogen-bond acceptors (Lipinski definition) is 4. The smallest absolute Gasteiger partial charge is 0.257 e. The summed E-state index contributed by atoms with van der Waals surface area (Å²) in [5.74, 6) is 0.391. The predicted octanol–water partition coefficient (Wildman–Crippen LogP) is 4.92. The molecule has 0 bridgehead atoms. The van der Waals surface area contributed by atoms with Crippen molar-refractivity contribution in [2.45, 2.75) is 0 Å². The zero-order valence-corrected chi connectivity index (χ0v) is 17.6. The third-order valence-electron chi connectivity index (χ3n) is 4.00. The molecule has 0 spiro atoms. The Hall–Kier alpha value is -3.42. The summed E-state index contributed by atoms with van der Waals surface area (Å²) in [5.41, 5.74) is 5.30. The molecule has 3 N–H and O–H groups in total. The minimum Gasteiger partial charge on any atom is -0.495 e. The van der Waals surface area contributed by atoms with Gasteiger partial charge in [-0.25, -0.2) is 0 Å². The number of halogens is 1. The van der Waals surface area contributed by atoms with E-state index < -0.39 is 0 Å². The van der Waals surface area contributed by atoms with Crippen molar-refractivity contribution in [3.63, 3.8) is 0 Å². The lowest BCUT2D eigenvalue weighted by Crippen LogP contribution is -2.24. The second-order valence-electron chi connectivity index (χ2n) is 6.08. The number of anilines is 2. The van der Waals surface area contributed by atoms with Crippen molar-refractivity contribution in [3.05, 3.63) is 88.9 Å². The highest BCUT2D eigenvalue weighted by molar-refractivity contribution is 7.80. The van der Waals surface area contributed by atoms with E-state index in [1.807, 2.05) is 36.4 Å². The van der Waals surface area contributed by atoms with Gasteiger partial charge in [0, 0.05) is 5.69 Å². The zero-order chi connectivity index (χ0) is 21.3. The van der Waals surface area contributed by atoms with E-state index in [1.54, 1.807) is 49.7 Å². The van der Waals surface area contributed by atoms with Crippen LogP contribution in [0, 0.1) is 0 Å². The Bertz CT molecular complexity index is 1090. The average Bonchev–Trinajstić information content (AvgIpc) is 2.74. The van der Waals surface area contributed by atoms with Crippen molar-refractivity contribution in [2.75, 3.05) is 17.7 Å². The Morgan fingerprint density at radius 3 is 2.60 bits per heavy atom. The summed E-state index contributed by atoms with van der Waals surface area (Å²) >= 11 is 11.3. The first-order chi connectivity index (χ1) is 14.6. The highest BCUT2D eigenvalue weighted by atomic mass is 35.5. The summed E-state index contributed by atoms with van der Waals surface area (Å²) < 4.78 is 5.27. The molecule has 6 nitrogen and oxygen atoms in total. The van der Waals surface area contributed by atoms with Crippen LogP contribution < -0.4 is 20.8 Å². The van der Waals surface area contributed by atoms with Crippen LogP contribution in [0.3, 0.4) is 0 Å². The molecule has 0 saturated heterocycles. The maximum absolute atomic E-state index is 12.4. The first-order valence-electron chi connectivity index (χ1n) is 8.96. The summed E-state index contributed by atoms with van der Waals surface area (Å²) in [7, 11) is 1.59. The molecule has 3 aromatic carbocycles. The SMILES string of the molecule is COc1ccccc1NC(=S)N/N=C/c1cccc(NC(=O)c2ccccc2Cl)c1. The minimum atomic E-state index is -0.282. The fourth-order valence-electron chi connectivity index (χ4n) is 2.60. The Morgan fingerprint density at radius 1 is 1.03 bits per heavy atom. The van der Waals surface area contributed by atoms with Crippen LogP contribution in [0.2, 0.25) is 5.02 Å². The summed E-state index contributed by atoms with van der Waals surface area (Å²) in [6.07, 6.45) is 1.60. The molecule has 0 aromatic heterocycles. The van der Waals surface area contributed by atoms with Crippen LogP contribution in [-0.2, 0) is 0 Å². The minimum absolute atomic E-state index is 0.282. The van der Waals surface area contributed by atoms with E-state index in [0.717, 1.165) is 11.3 Å². The van der Waals surface area contributed by atoms with Crippen LogP contribution in [0.5, 0.6) is 5.75 Å². The quantitative estimate of drug-likeness (QED) is 0.289. The number of ether oxygens (including phenoxy) is 1. The number of carbonyl (C=O) groups excluding carboxylic acids is 1. The third kappa shape index (κ3) is 5.79. The van der Waals surface area contributed by atoms with Crippen molar-refractivity contribution >= 4 is 52.4 Å². The number of carbonyl (C=O) groups is 1. The molecule has 0 atom stereocenters. The van der Waals surface area contributed by atoms with Crippen molar-refractivity contribution in [1.82, 2.24) is 5.43 Å². The molecular weight excluding hydrogens is 420 g/mol. The van der Waals surface area contributed by atoms with Crippen LogP contribution in [0.4, 0.5) is 11.4 Å². The largest absolute Gasteiger partial charge is 0.495 e. The third-order valence-corrected chi connectivity index (χ3v) is 4.52. The number of benzene rings is 3. The number of methoxy groups -OCH3 is 1. The van der Waals surface area contributed by atoms with Crippen molar-refractivity contribution < 1.29 is 9.53 Å². The molecule has 3 aromatic rings. The van der Waals surface area contributed by atoms with Crippen LogP contribution in [-0.4, -0.2) is 24.3 Å². The van der Waals surface area contributed by atoms with Gasteiger partial charge < -0.3 is 15.4 Å². The lowest BCUT2D eigenvalue weighted by Gasteiger charge is -2.10. The number of hydrazone groups is 1. The highest BCUT2D eigenvalue weighted by Crippen LogP contribution is 2.22. The van der Waals surface area contributed by atoms with E-state index >= 15 is 0 Å². The number of nitrogens with zero attached hydrogens (tertiary/aromatic N) is 1. The van der Waals surface area contributed by atoms with Gasteiger partial charge in [-0.1, -0.05) is 48.0 Å². The van der Waals surface area contributed by atoms with Gasteiger partial charge in [-0.3, -0.25) is 10.2 Å². The number of rotatable bonds is 6. The first-order valence-corrected chi connectivity index (χ1v) is 9.74. The Morgan fingerprint density at radius 2 is 1.80 bits per heavy atom. The number of nitrogens with one attached hydrogen (secondary N) is 3. The van der Waals surface area contributed by atoms with Gasteiger partial charge in [-0.15, -0.1) is 0 Å². The number of thiocarbonyl (C=S) groups is 1. The van der Waals surface area contributed by atoms with Crippen LogP contribution >= 0.6 is 23.8 Å². The standard InChI is InChI=1S/C22H19ClN4O2S/c1-29-20-12-5-4-11-19(20)26-22(30)27-24-14-15-7-6-8-16(13-15)25-21(28)17-9-2-3-10-18(17)23/h2-14H,1H3,(H,25,28)(H2,26,27,30)/b24-14+. The van der Waals surface area contributed by atoms with Crippen molar-refractivity contribution in [1.29, 1.82) is 0 Å². The summed E-state index contributed by atoms with van der Waals surface area (Å²) in [5, 5.41) is 10.7. The molecule has 0 aliphatic rings. The lowest BCUT2D eigenvalue weighted by atomic mass is 10.2. The molecule has 0 unspecified atom stereocenters. The molecule has 8 heteroatoms. The van der Waals surface area contributed by atoms with Crippen LogP contribution in [0.1, 0.15) is 15.9 Å². The van der Waals surface area contributed by atoms with Gasteiger partial charge in [0.25, 0.3) is 5.91 Å². The zero-order valence-electron chi connectivity index (χ0n) is 16.1. The van der Waals surface area contributed by atoms with Gasteiger partial charge in [0.15, 0.2) is 5.11 Å². The van der Waals surface area contributed by atoms with Gasteiger partial charge in [0.1, 0.15) is 5.75 Å². The second-order valence-corrected chi connectivity index (χ2v) is 6.90. The van der Waals surface area contributed by atoms with Crippen LogP contribution in [0.25, 0.3) is 0 Å². The van der Waals surface area contributed by atoms with Crippen molar-refractivity contribution in [3.8, 4) is 5.75 Å². The lowest BCUT2D eigenvalue weighted by molar-refractivity contribution is 0.102. The van der Waals surface area contributed by atoms with E-state index in [-0.39, 0.29) is 5.91 Å². The molecular formula is C22H19ClN4O2S. The second kappa shape index (κ2) is 10.4. The van der Waals surface area contributed by atoms with E-state index in [9.17, 15) is 4.79 Å². The molecule has 0 heterocycles. The molecule has 152 valence electrons. The number of hydrogen-bond donors (Lipinski definition) is 3. The molecule has 0 fully saturated rings. The Balaban J connectivity index is 1.59. The van der Waals surface area contributed by atoms with Crippen molar-refractivity contribution in [2.24, 2.45) is 5.10 Å². The normalized spacial score (nSPS) is 10.5. The fourth-order valence-corrected chi connectivity index (χ4v) is 2.99. The molecule has 0 aliphatic heterocycles. The number of para-hydroxylation sites is 2. The first kappa shape index (κ1) is 21.3. The van der Waals surface area contributed by atoms with Gasteiger partial charge in [-0.2, -0.15) is 5.10 Å². The van der Waals surface area contributed by atoms with E-state index in [2.05, 4.69) is 21.2 Å². The Kier molecular flexibility index (Phi) is 7.37. The monoisotopic (exact) mass is 438 g/mol. The number of amides is 1. The van der Waals surface area contributed by atoms with Gasteiger partial charge in [-0.05, 0) is 54.2 Å². The van der Waals surface area contributed by atoms with Gasteiger partial charge in [0.05, 0.1) is 29.6 Å². The molecule has 3 rings (SSSR count). The Labute approximate surface area is 184 Å². The molecule has 0 saturated carbocycles. The molecule has 0 radical (unpaired) electrons. The summed E-state index contributed by atoms with van der Waals surface area (Å²) in [6.45, 7) is 0. The average molecular weight is 439 g/mol. The topological polar surface area (TPSA) is 74.8 Å². The highest BCUT2D eigenvalue weighted by Gasteiger charge is 2.09. The summed E-state index contributed by atoms with van der Waals surface area (Å²) in [4.78, 5) is 12.4. The molecule has 1 amide bonds. The molecule has 30 heavy (non-hydrogen) atoms. The predicted molar refractivity (Wildman–Crippen MR) is 126 cm³/mol. The van der Waals surface area contributed by atoms with Crippen LogP contribution in [0.15, 0.2) is 77.9 Å². The van der Waals surface area contributed by atoms with E-state index in [1.165, 1.54) is 0 Å². The van der Waals surface area contributed by atoms with Gasteiger partial charge in [0.2, 0.25) is 0 Å². The van der Waals surface area contributed by atoms with E-state index in [4.69, 9.17) is 28.6 Å². The molecule has 0 aliphatic carbocycles.